The first kappa shape index (κ1) is 19.4. The Morgan fingerprint density at radius 1 is 1.11 bits per heavy atom. The number of carbonyl (C=O) groups is 1. The number of nitrogens with zero attached hydrogens (tertiary/aromatic N) is 3. The summed E-state index contributed by atoms with van der Waals surface area (Å²) in [6, 6.07) is 12.0. The van der Waals surface area contributed by atoms with Crippen LogP contribution in [0.3, 0.4) is 0 Å². The van der Waals surface area contributed by atoms with Crippen molar-refractivity contribution in [3.63, 3.8) is 0 Å². The number of benzene rings is 1. The van der Waals surface area contributed by atoms with E-state index in [9.17, 15) is 13.2 Å². The molecule has 1 aromatic carbocycles. The Hall–Kier alpha value is -1.90. The topological polar surface area (TPSA) is 60.9 Å². The number of amides is 1. The van der Waals surface area contributed by atoms with E-state index in [1.54, 1.807) is 22.4 Å². The summed E-state index contributed by atoms with van der Waals surface area (Å²) in [7, 11) is -3.44. The smallest absolute Gasteiger partial charge is 0.252 e. The Morgan fingerprint density at radius 3 is 2.57 bits per heavy atom. The van der Waals surface area contributed by atoms with Crippen LogP contribution in [0.1, 0.15) is 18.9 Å². The second kappa shape index (κ2) is 7.85. The molecule has 0 bridgehead atoms. The van der Waals surface area contributed by atoms with Crippen molar-refractivity contribution in [3.8, 4) is 0 Å². The summed E-state index contributed by atoms with van der Waals surface area (Å²) >= 11 is 1.23. The van der Waals surface area contributed by atoms with Crippen molar-refractivity contribution in [2.75, 3.05) is 37.6 Å². The molecule has 0 aliphatic carbocycles. The zero-order chi connectivity index (χ0) is 19.7. The molecule has 1 aromatic heterocycles. The van der Waals surface area contributed by atoms with Gasteiger partial charge in [0.25, 0.3) is 10.0 Å². The van der Waals surface area contributed by atoms with Crippen LogP contribution in [0.25, 0.3) is 0 Å². The Labute approximate surface area is 170 Å². The summed E-state index contributed by atoms with van der Waals surface area (Å²) in [4.78, 5) is 16.9. The molecule has 8 heteroatoms. The number of aryl methyl sites for hydroxylation is 1. The van der Waals surface area contributed by atoms with Crippen molar-refractivity contribution < 1.29 is 13.2 Å². The number of sulfonamides is 1. The van der Waals surface area contributed by atoms with E-state index in [1.807, 2.05) is 12.1 Å². The Bertz CT molecular complexity index is 935. The molecule has 2 aliphatic heterocycles. The maximum Gasteiger partial charge on any atom is 0.252 e. The van der Waals surface area contributed by atoms with Gasteiger partial charge in [0.05, 0.1) is 6.54 Å². The average molecular weight is 420 g/mol. The van der Waals surface area contributed by atoms with Crippen LogP contribution in [0.5, 0.6) is 0 Å². The standard InChI is InChI=1S/C20H25N3O3S2/c1-16-8-9-17-5-2-3-6-18(17)23(16)15-19(24)21-10-12-22(13-11-21)28(25,26)20-7-4-14-27-20/h2-7,14,16H,8-13,15H2,1H3/t16-/m0/s1. The highest BCUT2D eigenvalue weighted by molar-refractivity contribution is 7.91. The van der Waals surface area contributed by atoms with E-state index >= 15 is 0 Å². The van der Waals surface area contributed by atoms with Gasteiger partial charge in [-0.3, -0.25) is 4.79 Å². The lowest BCUT2D eigenvalue weighted by Crippen LogP contribution is -2.53. The van der Waals surface area contributed by atoms with Crippen molar-refractivity contribution in [2.45, 2.75) is 30.0 Å². The number of para-hydroxylation sites is 1. The van der Waals surface area contributed by atoms with Crippen LogP contribution in [0, 0.1) is 0 Å². The number of thiophene rings is 1. The van der Waals surface area contributed by atoms with E-state index in [-0.39, 0.29) is 5.91 Å². The van der Waals surface area contributed by atoms with Crippen LogP contribution in [-0.4, -0.2) is 62.3 Å². The average Bonchev–Trinajstić information content (AvgIpc) is 3.26. The highest BCUT2D eigenvalue weighted by atomic mass is 32.2. The van der Waals surface area contributed by atoms with E-state index < -0.39 is 10.0 Å². The summed E-state index contributed by atoms with van der Waals surface area (Å²) in [5.74, 6) is 0.0664. The fourth-order valence-electron chi connectivity index (χ4n) is 3.96. The molecule has 1 amide bonds. The molecule has 1 fully saturated rings. The quantitative estimate of drug-likeness (QED) is 0.764. The summed E-state index contributed by atoms with van der Waals surface area (Å²) in [6.07, 6.45) is 2.08. The fraction of sp³-hybridized carbons (Fsp3) is 0.450. The molecule has 0 unspecified atom stereocenters. The molecule has 0 N–H and O–H groups in total. The van der Waals surface area contributed by atoms with E-state index in [2.05, 4.69) is 24.0 Å². The van der Waals surface area contributed by atoms with Crippen molar-refractivity contribution in [1.29, 1.82) is 0 Å². The molecule has 150 valence electrons. The molecule has 3 heterocycles. The molecule has 1 atom stereocenters. The highest BCUT2D eigenvalue weighted by Gasteiger charge is 2.32. The lowest BCUT2D eigenvalue weighted by atomic mass is 9.96. The normalized spacial score (nSPS) is 20.8. The number of carbonyl (C=O) groups excluding carboxylic acids is 1. The Balaban J connectivity index is 1.40. The largest absolute Gasteiger partial charge is 0.359 e. The molecule has 4 rings (SSSR count). The van der Waals surface area contributed by atoms with E-state index in [4.69, 9.17) is 0 Å². The first-order chi connectivity index (χ1) is 13.5. The third-order valence-electron chi connectivity index (χ3n) is 5.65. The molecule has 2 aliphatic rings. The van der Waals surface area contributed by atoms with Crippen LogP contribution >= 0.6 is 11.3 Å². The van der Waals surface area contributed by atoms with E-state index in [1.165, 1.54) is 21.2 Å². The molecular weight excluding hydrogens is 394 g/mol. The van der Waals surface area contributed by atoms with Gasteiger partial charge in [-0.2, -0.15) is 4.31 Å². The van der Waals surface area contributed by atoms with Crippen LogP contribution in [-0.2, 0) is 21.2 Å². The Morgan fingerprint density at radius 2 is 1.86 bits per heavy atom. The molecule has 6 nitrogen and oxygen atoms in total. The summed E-state index contributed by atoms with van der Waals surface area (Å²) in [5.41, 5.74) is 2.44. The third kappa shape index (κ3) is 3.68. The number of rotatable bonds is 4. The first-order valence-corrected chi connectivity index (χ1v) is 11.9. The monoisotopic (exact) mass is 419 g/mol. The van der Waals surface area contributed by atoms with Crippen molar-refractivity contribution in [1.82, 2.24) is 9.21 Å². The van der Waals surface area contributed by atoms with Gasteiger partial charge in [-0.1, -0.05) is 24.3 Å². The van der Waals surface area contributed by atoms with Crippen LogP contribution in [0.15, 0.2) is 46.0 Å². The van der Waals surface area contributed by atoms with Gasteiger partial charge in [0.1, 0.15) is 4.21 Å². The zero-order valence-electron chi connectivity index (χ0n) is 16.0. The molecule has 0 radical (unpaired) electrons. The van der Waals surface area contributed by atoms with Gasteiger partial charge in [-0.15, -0.1) is 11.3 Å². The van der Waals surface area contributed by atoms with Gasteiger partial charge in [-0.25, -0.2) is 8.42 Å². The second-order valence-corrected chi connectivity index (χ2v) is 10.5. The maximum absolute atomic E-state index is 12.9. The summed E-state index contributed by atoms with van der Waals surface area (Å²) < 4.78 is 27.1. The predicted octanol–water partition coefficient (Wildman–Crippen LogP) is 2.42. The van der Waals surface area contributed by atoms with Crippen LogP contribution in [0.4, 0.5) is 5.69 Å². The first-order valence-electron chi connectivity index (χ1n) is 9.63. The lowest BCUT2D eigenvalue weighted by molar-refractivity contribution is -0.131. The number of fused-ring (bicyclic) bond motifs is 1. The Kier molecular flexibility index (Phi) is 5.44. The summed E-state index contributed by atoms with van der Waals surface area (Å²) in [6.45, 7) is 4.07. The van der Waals surface area contributed by atoms with E-state index in [0.717, 1.165) is 18.5 Å². The molecule has 2 aromatic rings. The van der Waals surface area contributed by atoms with Gasteiger partial charge < -0.3 is 9.80 Å². The van der Waals surface area contributed by atoms with Gasteiger partial charge in [0.2, 0.25) is 5.91 Å². The van der Waals surface area contributed by atoms with Gasteiger partial charge >= 0.3 is 0 Å². The molecule has 1 saturated heterocycles. The number of hydrogen-bond donors (Lipinski definition) is 0. The molecule has 0 spiro atoms. The minimum absolute atomic E-state index is 0.0664. The molecular formula is C20H25N3O3S2. The highest BCUT2D eigenvalue weighted by Crippen LogP contribution is 2.30. The zero-order valence-corrected chi connectivity index (χ0v) is 17.6. The van der Waals surface area contributed by atoms with Crippen LogP contribution < -0.4 is 4.90 Å². The summed E-state index contributed by atoms with van der Waals surface area (Å²) in [5, 5.41) is 1.77. The number of anilines is 1. The van der Waals surface area contributed by atoms with E-state index in [0.29, 0.717) is 43.0 Å². The third-order valence-corrected chi connectivity index (χ3v) is 8.92. The van der Waals surface area contributed by atoms with Crippen molar-refractivity contribution >= 4 is 33.0 Å². The maximum atomic E-state index is 12.9. The van der Waals surface area contributed by atoms with Crippen molar-refractivity contribution in [3.05, 3.63) is 47.3 Å². The molecule has 0 saturated carbocycles. The van der Waals surface area contributed by atoms with Gasteiger partial charge in [-0.05, 0) is 42.8 Å². The van der Waals surface area contributed by atoms with Crippen LogP contribution in [0.2, 0.25) is 0 Å². The fourth-order valence-corrected chi connectivity index (χ4v) is 6.53. The minimum atomic E-state index is -3.44. The SMILES string of the molecule is C[C@H]1CCc2ccccc2N1CC(=O)N1CCN(S(=O)(=O)c2cccs2)CC1. The number of piperazine rings is 1. The lowest BCUT2D eigenvalue weighted by Gasteiger charge is -2.39. The minimum Gasteiger partial charge on any atom is -0.359 e. The van der Waals surface area contributed by atoms with Crippen molar-refractivity contribution in [2.24, 2.45) is 0 Å². The number of hydrogen-bond acceptors (Lipinski definition) is 5. The predicted molar refractivity (Wildman–Crippen MR) is 111 cm³/mol. The second-order valence-electron chi connectivity index (χ2n) is 7.36. The van der Waals surface area contributed by atoms with Gasteiger partial charge in [0.15, 0.2) is 0 Å². The molecule has 28 heavy (non-hydrogen) atoms. The van der Waals surface area contributed by atoms with Gasteiger partial charge in [0, 0.05) is 37.9 Å².